The van der Waals surface area contributed by atoms with E-state index in [9.17, 15) is 26.4 Å². The number of benzene rings is 1. The number of hydrogen-bond donors (Lipinski definition) is 3. The highest BCUT2D eigenvalue weighted by atomic mass is 32.2. The minimum atomic E-state index is -4.78. The minimum Gasteiger partial charge on any atom is -0.465 e. The van der Waals surface area contributed by atoms with E-state index in [1.165, 1.54) is 25.4 Å². The second kappa shape index (κ2) is 9.63. The molecule has 0 aliphatic heterocycles. The Hall–Kier alpha value is -3.11. The largest absolute Gasteiger partial charge is 0.465 e. The van der Waals surface area contributed by atoms with Crippen LogP contribution in [0, 0.1) is 11.3 Å². The van der Waals surface area contributed by atoms with E-state index in [1.807, 2.05) is 6.07 Å². The zero-order valence-corrected chi connectivity index (χ0v) is 18.9. The molecule has 0 bridgehead atoms. The molecule has 0 unspecified atom stereocenters. The molecule has 2 saturated carbocycles. The fourth-order valence-electron chi connectivity index (χ4n) is 3.75. The van der Waals surface area contributed by atoms with E-state index in [0.29, 0.717) is 31.4 Å². The number of amides is 1. The molecule has 1 heterocycles. The van der Waals surface area contributed by atoms with E-state index >= 15 is 0 Å². The van der Waals surface area contributed by atoms with Gasteiger partial charge in [-0.2, -0.15) is 23.5 Å². The molecule has 2 aromatic rings. The molecule has 13 heteroatoms. The van der Waals surface area contributed by atoms with Gasteiger partial charge in [-0.05, 0) is 50.3 Å². The number of nitrogens with one attached hydrogen (secondary N) is 2. The first-order chi connectivity index (χ1) is 15.9. The fourth-order valence-corrected chi connectivity index (χ4v) is 5.77. The molecule has 1 aromatic heterocycles. The van der Waals surface area contributed by atoms with Gasteiger partial charge < -0.3 is 15.2 Å². The summed E-state index contributed by atoms with van der Waals surface area (Å²) < 4.78 is 71.3. The Morgan fingerprint density at radius 3 is 2.47 bits per heavy atom. The van der Waals surface area contributed by atoms with E-state index in [4.69, 9.17) is 15.1 Å². The van der Waals surface area contributed by atoms with Gasteiger partial charge in [-0.1, -0.05) is 6.07 Å². The van der Waals surface area contributed by atoms with Crippen LogP contribution in [0.1, 0.15) is 37.7 Å². The summed E-state index contributed by atoms with van der Waals surface area (Å²) in [6, 6.07) is 6.66. The number of aromatic nitrogens is 2. The predicted octanol–water partition coefficient (Wildman–Crippen LogP) is 3.75. The van der Waals surface area contributed by atoms with Crippen molar-refractivity contribution >= 4 is 15.9 Å². The summed E-state index contributed by atoms with van der Waals surface area (Å²) in [5.41, 5.74) is -1.27. The number of nitriles is 1. The number of aromatic amines is 1. The molecule has 1 aromatic carbocycles. The highest BCUT2D eigenvalue weighted by Crippen LogP contribution is 2.40. The van der Waals surface area contributed by atoms with Gasteiger partial charge in [-0.3, -0.25) is 5.10 Å². The Kier molecular flexibility index (Phi) is 7.23. The second-order valence-corrected chi connectivity index (χ2v) is 10.3. The fraction of sp³-hybridized carbons (Fsp3) is 0.476. The number of nitrogens with zero attached hydrogens (tertiary/aromatic N) is 2. The highest BCUT2D eigenvalue weighted by Gasteiger charge is 2.45. The molecule has 184 valence electrons. The summed E-state index contributed by atoms with van der Waals surface area (Å²) in [5.74, 6) is 0. The number of sulfone groups is 1. The van der Waals surface area contributed by atoms with Crippen molar-refractivity contribution < 1.29 is 36.2 Å². The molecule has 2 fully saturated rings. The van der Waals surface area contributed by atoms with Crippen LogP contribution in [-0.2, 0) is 20.8 Å². The monoisotopic (exact) mass is 500 g/mol. The van der Waals surface area contributed by atoms with Gasteiger partial charge >= 0.3 is 12.3 Å². The lowest BCUT2D eigenvalue weighted by molar-refractivity contribution is -0.139. The zero-order valence-electron chi connectivity index (χ0n) is 18.1. The molecule has 2 atom stereocenters. The van der Waals surface area contributed by atoms with E-state index in [0.717, 1.165) is 12.1 Å². The SMILES string of the molecule is CO[C@H]1CC[C@H](S(=O)(=O)c2ccc(-c3ccn[nH]3)cc2C(F)(F)F)C1.N#CC1(NC(=O)O)CC1. The van der Waals surface area contributed by atoms with Crippen LogP contribution in [0.3, 0.4) is 0 Å². The summed E-state index contributed by atoms with van der Waals surface area (Å²) >= 11 is 0. The number of methoxy groups -OCH3 is 1. The van der Waals surface area contributed by atoms with Crippen molar-refractivity contribution in [3.8, 4) is 17.3 Å². The number of carbonyl (C=O) groups is 1. The molecular weight excluding hydrogens is 477 g/mol. The molecule has 1 amide bonds. The Labute approximate surface area is 193 Å². The summed E-state index contributed by atoms with van der Waals surface area (Å²) in [4.78, 5) is 9.28. The van der Waals surface area contributed by atoms with Gasteiger partial charge in [-0.15, -0.1) is 0 Å². The summed E-state index contributed by atoms with van der Waals surface area (Å²) in [7, 11) is -2.63. The van der Waals surface area contributed by atoms with E-state index in [1.54, 1.807) is 0 Å². The van der Waals surface area contributed by atoms with E-state index < -0.39 is 43.4 Å². The van der Waals surface area contributed by atoms with Crippen LogP contribution in [-0.4, -0.2) is 53.8 Å². The van der Waals surface area contributed by atoms with Crippen LogP contribution >= 0.6 is 0 Å². The highest BCUT2D eigenvalue weighted by molar-refractivity contribution is 7.92. The molecule has 2 aliphatic carbocycles. The van der Waals surface area contributed by atoms with E-state index in [-0.39, 0.29) is 18.1 Å². The van der Waals surface area contributed by atoms with Crippen molar-refractivity contribution in [2.24, 2.45) is 0 Å². The summed E-state index contributed by atoms with van der Waals surface area (Å²) in [6.45, 7) is 0. The van der Waals surface area contributed by atoms with Gasteiger partial charge in [0, 0.05) is 18.9 Å². The van der Waals surface area contributed by atoms with Crippen molar-refractivity contribution in [3.05, 3.63) is 36.0 Å². The first-order valence-corrected chi connectivity index (χ1v) is 11.9. The number of H-pyrrole nitrogens is 1. The number of hydrogen-bond acceptors (Lipinski definition) is 6. The number of carboxylic acid groups (broad SMARTS) is 1. The average Bonchev–Trinajstić information content (AvgIpc) is 3.19. The summed E-state index contributed by atoms with van der Waals surface area (Å²) in [6.07, 6.45) is -2.40. The molecular formula is C21H23F3N4O5S. The zero-order chi connectivity index (χ0) is 25.1. The first-order valence-electron chi connectivity index (χ1n) is 10.3. The molecule has 4 rings (SSSR count). The van der Waals surface area contributed by atoms with Gasteiger partial charge in [0.1, 0.15) is 5.54 Å². The molecule has 0 saturated heterocycles. The second-order valence-electron chi connectivity index (χ2n) is 8.14. The molecule has 0 spiro atoms. The van der Waals surface area contributed by atoms with Crippen molar-refractivity contribution in [2.75, 3.05) is 7.11 Å². The first kappa shape index (κ1) is 25.5. The maximum Gasteiger partial charge on any atom is 0.417 e. The Morgan fingerprint density at radius 2 is 2.03 bits per heavy atom. The standard InChI is InChI=1S/C16H17F3N2O3S.C5H6N2O2/c1-24-11-3-4-12(9-11)25(22,23)15-5-2-10(14-6-7-20-21-14)8-13(15)16(17,18)19;6-3-5(1-2-5)7-4(8)9/h2,5-8,11-12H,3-4,9H2,1H3,(H,20,21);7H,1-2H2,(H,8,9)/t11-,12-;/m0./s1. The molecule has 0 radical (unpaired) electrons. The normalized spacial score (nSPS) is 21.1. The van der Waals surface area contributed by atoms with Crippen LogP contribution in [0.5, 0.6) is 0 Å². The Bertz CT molecular complexity index is 1170. The maximum absolute atomic E-state index is 13.5. The molecule has 9 nitrogen and oxygen atoms in total. The summed E-state index contributed by atoms with van der Waals surface area (Å²) in [5, 5.41) is 24.0. The van der Waals surface area contributed by atoms with Crippen LogP contribution in [0.4, 0.5) is 18.0 Å². The van der Waals surface area contributed by atoms with Crippen LogP contribution in [0.25, 0.3) is 11.3 Å². The van der Waals surface area contributed by atoms with Crippen molar-refractivity contribution in [2.45, 2.75) is 60.1 Å². The Morgan fingerprint density at radius 1 is 1.32 bits per heavy atom. The smallest absolute Gasteiger partial charge is 0.417 e. The minimum absolute atomic E-state index is 0.207. The van der Waals surface area contributed by atoms with Gasteiger partial charge in [0.05, 0.1) is 33.6 Å². The Balaban J connectivity index is 0.000000302. The lowest BCUT2D eigenvalue weighted by Crippen LogP contribution is -2.33. The van der Waals surface area contributed by atoms with Crippen LogP contribution < -0.4 is 5.32 Å². The third kappa shape index (κ3) is 5.68. The quantitative estimate of drug-likeness (QED) is 0.567. The number of ether oxygens (including phenoxy) is 1. The number of alkyl halides is 3. The molecule has 2 aliphatic rings. The van der Waals surface area contributed by atoms with Crippen LogP contribution in [0.2, 0.25) is 0 Å². The van der Waals surface area contributed by atoms with Gasteiger partial charge in [0.15, 0.2) is 9.84 Å². The van der Waals surface area contributed by atoms with Crippen molar-refractivity contribution in [1.82, 2.24) is 15.5 Å². The van der Waals surface area contributed by atoms with Gasteiger partial charge in [-0.25, -0.2) is 13.2 Å². The average molecular weight is 500 g/mol. The van der Waals surface area contributed by atoms with Crippen molar-refractivity contribution in [1.29, 1.82) is 5.26 Å². The predicted molar refractivity (Wildman–Crippen MR) is 113 cm³/mol. The van der Waals surface area contributed by atoms with E-state index in [2.05, 4.69) is 15.5 Å². The van der Waals surface area contributed by atoms with Gasteiger partial charge in [0.2, 0.25) is 0 Å². The van der Waals surface area contributed by atoms with Gasteiger partial charge in [0.25, 0.3) is 0 Å². The third-order valence-electron chi connectivity index (χ3n) is 5.82. The topological polar surface area (TPSA) is 145 Å². The number of halogens is 3. The molecule has 3 N–H and O–H groups in total. The van der Waals surface area contributed by atoms with Crippen molar-refractivity contribution in [3.63, 3.8) is 0 Å². The number of rotatable bonds is 5. The lowest BCUT2D eigenvalue weighted by atomic mass is 10.1. The molecule has 34 heavy (non-hydrogen) atoms. The van der Waals surface area contributed by atoms with Crippen LogP contribution in [0.15, 0.2) is 35.4 Å². The lowest BCUT2D eigenvalue weighted by Gasteiger charge is -2.18. The third-order valence-corrected chi connectivity index (χ3v) is 8.10. The maximum atomic E-state index is 13.5.